The van der Waals surface area contributed by atoms with Gasteiger partial charge in [-0.2, -0.15) is 0 Å². The van der Waals surface area contributed by atoms with E-state index < -0.39 is 17.1 Å². The molecule has 0 saturated carbocycles. The molecule has 0 aromatic heterocycles. The van der Waals surface area contributed by atoms with Crippen LogP contribution in [0.4, 0.5) is 0 Å². The Hall–Kier alpha value is -0.246. The first kappa shape index (κ1) is 30.8. The van der Waals surface area contributed by atoms with Crippen molar-refractivity contribution in [1.29, 1.82) is 0 Å². The van der Waals surface area contributed by atoms with Crippen molar-refractivity contribution in [1.82, 2.24) is 0 Å². The Bertz CT molecular complexity index is 430. The zero-order valence-corrected chi connectivity index (χ0v) is 23.9. The zero-order chi connectivity index (χ0) is 23.6. The summed E-state index contributed by atoms with van der Waals surface area (Å²) in [6.45, 7) is 20.4. The van der Waals surface area contributed by atoms with Gasteiger partial charge in [0.05, 0.1) is 4.66 Å². The molecular formula is C25H52O4Si2. The number of hydrogen-bond donors (Lipinski definition) is 0. The summed E-state index contributed by atoms with van der Waals surface area (Å²) in [5, 5.41) is 0. The minimum atomic E-state index is -2.81. The van der Waals surface area contributed by atoms with E-state index >= 15 is 0 Å². The van der Waals surface area contributed by atoms with Crippen molar-refractivity contribution in [2.24, 2.45) is 0 Å². The van der Waals surface area contributed by atoms with Crippen LogP contribution in [0.5, 0.6) is 0 Å². The van der Waals surface area contributed by atoms with Crippen LogP contribution in [0.1, 0.15) is 107 Å². The maximum atomic E-state index is 6.76. The molecule has 0 N–H and O–H groups in total. The van der Waals surface area contributed by atoms with E-state index in [1.54, 1.807) is 0 Å². The minimum absolute atomic E-state index is 0.359. The fraction of sp³-hybridized carbons (Fsp3) is 0.840. The highest BCUT2D eigenvalue weighted by molar-refractivity contribution is 6.95. The van der Waals surface area contributed by atoms with E-state index in [1.165, 1.54) is 0 Å². The van der Waals surface area contributed by atoms with Gasteiger partial charge in [0.15, 0.2) is 0 Å². The van der Waals surface area contributed by atoms with Crippen molar-refractivity contribution < 1.29 is 17.7 Å². The molecular weight excluding hydrogens is 420 g/mol. The van der Waals surface area contributed by atoms with Crippen LogP contribution in [0.2, 0.25) is 4.66 Å². The Labute approximate surface area is 196 Å². The first-order chi connectivity index (χ1) is 14.9. The van der Waals surface area contributed by atoms with Gasteiger partial charge < -0.3 is 17.7 Å². The quantitative estimate of drug-likeness (QED) is 0.134. The second-order valence-electron chi connectivity index (χ2n) is 8.77. The second kappa shape index (κ2) is 17.3. The first-order valence-corrected chi connectivity index (χ1v) is 16.5. The Morgan fingerprint density at radius 2 is 0.806 bits per heavy atom. The molecule has 0 aliphatic heterocycles. The van der Waals surface area contributed by atoms with Gasteiger partial charge in [0.1, 0.15) is 0 Å². The maximum Gasteiger partial charge on any atom is 0.372 e. The molecule has 0 aliphatic rings. The zero-order valence-electron chi connectivity index (χ0n) is 21.9. The highest BCUT2D eigenvalue weighted by Gasteiger charge is 2.65. The number of hydrogen-bond acceptors (Lipinski definition) is 4. The largest absolute Gasteiger partial charge is 0.391 e. The maximum absolute atomic E-state index is 6.76. The van der Waals surface area contributed by atoms with E-state index in [1.807, 2.05) is 0 Å². The van der Waals surface area contributed by atoms with Crippen LogP contribution in [-0.2, 0) is 17.7 Å². The van der Waals surface area contributed by atoms with Gasteiger partial charge in [-0.3, -0.25) is 0 Å². The molecule has 0 heterocycles. The predicted molar refractivity (Wildman–Crippen MR) is 139 cm³/mol. The van der Waals surface area contributed by atoms with Gasteiger partial charge in [-0.05, 0) is 50.9 Å². The molecule has 184 valence electrons. The Morgan fingerprint density at radius 3 is 1.00 bits per heavy atom. The molecule has 0 amide bonds. The lowest BCUT2D eigenvalue weighted by molar-refractivity contribution is 0.127. The fourth-order valence-electron chi connectivity index (χ4n) is 3.57. The van der Waals surface area contributed by atoms with E-state index in [0.717, 1.165) is 51.4 Å². The molecule has 0 aromatic carbocycles. The van der Waals surface area contributed by atoms with Crippen LogP contribution in [0.15, 0.2) is 23.6 Å². The van der Waals surface area contributed by atoms with Gasteiger partial charge in [-0.25, -0.2) is 0 Å². The third-order valence-corrected chi connectivity index (χ3v) is 15.4. The van der Waals surface area contributed by atoms with Crippen LogP contribution >= 0.6 is 0 Å². The lowest BCUT2D eigenvalue weighted by Crippen LogP contribution is -2.65. The van der Waals surface area contributed by atoms with E-state index in [9.17, 15) is 0 Å². The molecule has 31 heavy (non-hydrogen) atoms. The highest BCUT2D eigenvalue weighted by Crippen LogP contribution is 2.49. The fourth-order valence-corrected chi connectivity index (χ4v) is 12.4. The molecule has 6 heteroatoms. The highest BCUT2D eigenvalue weighted by atomic mass is 28.4. The van der Waals surface area contributed by atoms with Crippen LogP contribution in [-0.4, -0.2) is 43.5 Å². The monoisotopic (exact) mass is 472 g/mol. The van der Waals surface area contributed by atoms with E-state index in [4.69, 9.17) is 17.7 Å². The third kappa shape index (κ3) is 9.26. The predicted octanol–water partition coefficient (Wildman–Crippen LogP) is 7.69. The smallest absolute Gasteiger partial charge is 0.372 e. The minimum Gasteiger partial charge on any atom is -0.391 e. The lowest BCUT2D eigenvalue weighted by Gasteiger charge is -2.49. The van der Waals surface area contributed by atoms with Gasteiger partial charge in [-0.1, -0.05) is 79.4 Å². The summed E-state index contributed by atoms with van der Waals surface area (Å²) in [4.78, 5) is 0. The summed E-state index contributed by atoms with van der Waals surface area (Å²) in [5.74, 6) is 0. The van der Waals surface area contributed by atoms with Crippen LogP contribution in [0, 0.1) is 0 Å². The molecule has 0 spiro atoms. The van der Waals surface area contributed by atoms with E-state index in [2.05, 4.69) is 78.9 Å². The van der Waals surface area contributed by atoms with Gasteiger partial charge in [-0.15, -0.1) is 0 Å². The Morgan fingerprint density at radius 1 is 0.548 bits per heavy atom. The van der Waals surface area contributed by atoms with Crippen molar-refractivity contribution in [3.63, 3.8) is 0 Å². The van der Waals surface area contributed by atoms with Crippen molar-refractivity contribution >= 4 is 17.1 Å². The van der Waals surface area contributed by atoms with Crippen molar-refractivity contribution in [2.45, 2.75) is 111 Å². The van der Waals surface area contributed by atoms with Crippen LogP contribution in [0.3, 0.4) is 0 Å². The average molecular weight is 473 g/mol. The van der Waals surface area contributed by atoms with Crippen molar-refractivity contribution in [2.75, 3.05) is 26.4 Å². The van der Waals surface area contributed by atoms with Gasteiger partial charge in [0.25, 0.3) is 0 Å². The molecule has 0 fully saturated rings. The van der Waals surface area contributed by atoms with Crippen LogP contribution < -0.4 is 0 Å². The first-order valence-electron chi connectivity index (χ1n) is 12.7. The molecule has 0 bridgehead atoms. The van der Waals surface area contributed by atoms with Crippen molar-refractivity contribution in [3.05, 3.63) is 23.6 Å². The Balaban J connectivity index is 6.39. The van der Waals surface area contributed by atoms with E-state index in [0.29, 0.717) is 26.4 Å². The normalized spacial score (nSPS) is 13.7. The summed E-state index contributed by atoms with van der Waals surface area (Å²) in [5.41, 5.74) is 4.46. The molecule has 0 aliphatic carbocycles. The molecule has 0 saturated heterocycles. The van der Waals surface area contributed by atoms with Gasteiger partial charge >= 0.3 is 17.1 Å². The van der Waals surface area contributed by atoms with Crippen LogP contribution in [0.25, 0.3) is 0 Å². The molecule has 4 nitrogen and oxygen atoms in total. The summed E-state index contributed by atoms with van der Waals surface area (Å²) in [6.07, 6.45) is 12.8. The standard InChI is InChI=1S/C25H52O4Si2/c1-9-15-19-26-30(23-13-5,27-20-16-10-2)25(7,8)31(24-14-6,28-21-17-11-3)29-22-18-12-4/h13-14,23-24H,9-12,15-22H2,1-8H3. The topological polar surface area (TPSA) is 36.9 Å². The summed E-state index contributed by atoms with van der Waals surface area (Å²) in [7, 11) is -5.62. The SMILES string of the molecule is CC=C[Si](OCCCC)(OCCCC)C(C)(C)[Si](C=CC)(OCCCC)OCCCC. The number of rotatable bonds is 20. The lowest BCUT2D eigenvalue weighted by atomic mass is 10.4. The van der Waals surface area contributed by atoms with Crippen molar-refractivity contribution in [3.8, 4) is 0 Å². The molecule has 0 aromatic rings. The number of unbranched alkanes of at least 4 members (excludes halogenated alkanes) is 4. The molecule has 0 rings (SSSR count). The summed E-state index contributed by atoms with van der Waals surface area (Å²) < 4.78 is 26.7. The summed E-state index contributed by atoms with van der Waals surface area (Å²) >= 11 is 0. The molecule has 0 radical (unpaired) electrons. The van der Waals surface area contributed by atoms with E-state index in [-0.39, 0.29) is 4.66 Å². The average Bonchev–Trinajstić information content (AvgIpc) is 2.74. The van der Waals surface area contributed by atoms with Gasteiger partial charge in [0, 0.05) is 26.4 Å². The third-order valence-electron chi connectivity index (χ3n) is 5.77. The Kier molecular flexibility index (Phi) is 17.1. The molecule has 0 atom stereocenters. The number of allylic oxidation sites excluding steroid dienone is 2. The second-order valence-corrected chi connectivity index (χ2v) is 16.3. The van der Waals surface area contributed by atoms with Gasteiger partial charge in [0.2, 0.25) is 0 Å². The summed E-state index contributed by atoms with van der Waals surface area (Å²) in [6, 6.07) is 0. The molecule has 0 unspecified atom stereocenters.